The third-order valence-electron chi connectivity index (χ3n) is 3.98. The smallest absolute Gasteiger partial charge is 0.356 e. The van der Waals surface area contributed by atoms with Gasteiger partial charge in [0.2, 0.25) is 0 Å². The second-order valence-electron chi connectivity index (χ2n) is 5.76. The summed E-state index contributed by atoms with van der Waals surface area (Å²) in [4.78, 5) is 9.31. The van der Waals surface area contributed by atoms with Crippen LogP contribution in [0.1, 0.15) is 35.0 Å². The maximum atomic E-state index is 12.7. The summed E-state index contributed by atoms with van der Waals surface area (Å²) >= 11 is 0.959. The quantitative estimate of drug-likeness (QED) is 0.689. The molecule has 0 N–H and O–H groups in total. The lowest BCUT2D eigenvalue weighted by Gasteiger charge is -2.32. The fourth-order valence-electron chi connectivity index (χ4n) is 2.73. The number of thiazole rings is 1. The molecular formula is C15H13F6N3S. The van der Waals surface area contributed by atoms with E-state index in [9.17, 15) is 26.3 Å². The summed E-state index contributed by atoms with van der Waals surface area (Å²) in [6.45, 7) is 0.968. The van der Waals surface area contributed by atoms with Gasteiger partial charge in [-0.1, -0.05) is 0 Å². The Kier molecular flexibility index (Phi) is 4.65. The first-order valence-corrected chi connectivity index (χ1v) is 8.33. The Morgan fingerprint density at radius 3 is 2.40 bits per heavy atom. The van der Waals surface area contributed by atoms with Crippen LogP contribution >= 0.6 is 11.3 Å². The summed E-state index contributed by atoms with van der Waals surface area (Å²) < 4.78 is 75.8. The maximum absolute atomic E-state index is 12.7. The number of nitrogens with zero attached hydrogens (tertiary/aromatic N) is 3. The fourth-order valence-corrected chi connectivity index (χ4v) is 3.69. The van der Waals surface area contributed by atoms with Crippen LogP contribution in [0.25, 0.3) is 0 Å². The fraction of sp³-hybridized carbons (Fsp3) is 0.467. The molecule has 1 aliphatic rings. The molecule has 1 saturated heterocycles. The molecule has 0 radical (unpaired) electrons. The molecule has 3 rings (SSSR count). The van der Waals surface area contributed by atoms with Gasteiger partial charge in [-0.2, -0.15) is 26.3 Å². The zero-order valence-corrected chi connectivity index (χ0v) is 13.5. The van der Waals surface area contributed by atoms with Crippen LogP contribution in [0.4, 0.5) is 32.2 Å². The van der Waals surface area contributed by atoms with Gasteiger partial charge in [0.15, 0.2) is 5.69 Å². The van der Waals surface area contributed by atoms with Crippen LogP contribution in [0.3, 0.4) is 0 Å². The number of hydrogen-bond donors (Lipinski definition) is 0. The highest BCUT2D eigenvalue weighted by atomic mass is 32.1. The summed E-state index contributed by atoms with van der Waals surface area (Å²) in [7, 11) is 0. The van der Waals surface area contributed by atoms with Gasteiger partial charge in [-0.05, 0) is 25.0 Å². The second-order valence-corrected chi connectivity index (χ2v) is 6.65. The van der Waals surface area contributed by atoms with Crippen molar-refractivity contribution in [2.45, 2.75) is 31.1 Å². The summed E-state index contributed by atoms with van der Waals surface area (Å²) in [5, 5.41) is 1.38. The molecule has 0 aromatic carbocycles. The number of pyridine rings is 1. The van der Waals surface area contributed by atoms with E-state index in [0.29, 0.717) is 36.8 Å². The van der Waals surface area contributed by atoms with E-state index >= 15 is 0 Å². The van der Waals surface area contributed by atoms with Crippen LogP contribution in [0.15, 0.2) is 23.7 Å². The van der Waals surface area contributed by atoms with Crippen molar-refractivity contribution < 1.29 is 26.3 Å². The number of alkyl halides is 6. The molecule has 0 aliphatic carbocycles. The highest BCUT2D eigenvalue weighted by Crippen LogP contribution is 2.36. The molecule has 1 unspecified atom stereocenters. The summed E-state index contributed by atoms with van der Waals surface area (Å²) in [6, 6.07) is 2.24. The van der Waals surface area contributed by atoms with Crippen molar-refractivity contribution in [2.75, 3.05) is 18.0 Å². The first-order valence-electron chi connectivity index (χ1n) is 7.45. The van der Waals surface area contributed by atoms with Crippen LogP contribution in [0.2, 0.25) is 0 Å². The van der Waals surface area contributed by atoms with Gasteiger partial charge in [-0.3, -0.25) is 0 Å². The molecule has 0 saturated carbocycles. The number of piperidine rings is 1. The van der Waals surface area contributed by atoms with Crippen molar-refractivity contribution >= 4 is 17.2 Å². The van der Waals surface area contributed by atoms with E-state index < -0.39 is 23.6 Å². The third kappa shape index (κ3) is 4.05. The molecule has 25 heavy (non-hydrogen) atoms. The molecule has 10 heteroatoms. The summed E-state index contributed by atoms with van der Waals surface area (Å²) in [5.74, 6) is 0.184. The van der Waals surface area contributed by atoms with Crippen LogP contribution in [-0.2, 0) is 12.4 Å². The van der Waals surface area contributed by atoms with Gasteiger partial charge in [0.1, 0.15) is 5.82 Å². The standard InChI is InChI=1S/C15H13F6N3S/c16-14(17,18)10-3-4-12(22-6-10)24-5-1-2-9(7-24)13-23-11(8-25-13)15(19,20)21/h3-4,6,8-9H,1-2,5,7H2. The molecule has 2 aromatic heterocycles. The summed E-state index contributed by atoms with van der Waals surface area (Å²) in [5.41, 5.74) is -1.74. The lowest BCUT2D eigenvalue weighted by Crippen LogP contribution is -2.35. The predicted octanol–water partition coefficient (Wildman–Crippen LogP) is 4.96. The second kappa shape index (κ2) is 6.47. The normalized spacial score (nSPS) is 19.3. The van der Waals surface area contributed by atoms with E-state index in [4.69, 9.17) is 0 Å². The lowest BCUT2D eigenvalue weighted by molar-refractivity contribution is -0.141. The Labute approximate surface area is 143 Å². The van der Waals surface area contributed by atoms with Gasteiger partial charge in [-0.25, -0.2) is 9.97 Å². The van der Waals surface area contributed by atoms with Gasteiger partial charge < -0.3 is 4.90 Å². The predicted molar refractivity (Wildman–Crippen MR) is 80.5 cm³/mol. The average molecular weight is 381 g/mol. The van der Waals surface area contributed by atoms with Crippen molar-refractivity contribution in [3.8, 4) is 0 Å². The molecule has 1 atom stereocenters. The lowest BCUT2D eigenvalue weighted by atomic mass is 9.98. The Morgan fingerprint density at radius 2 is 1.84 bits per heavy atom. The van der Waals surface area contributed by atoms with Crippen LogP contribution in [-0.4, -0.2) is 23.1 Å². The van der Waals surface area contributed by atoms with Gasteiger partial charge in [0.25, 0.3) is 0 Å². The van der Waals surface area contributed by atoms with E-state index in [0.717, 1.165) is 29.0 Å². The maximum Gasteiger partial charge on any atom is 0.434 e. The zero-order chi connectivity index (χ0) is 18.2. The topological polar surface area (TPSA) is 29.0 Å². The molecular weight excluding hydrogens is 368 g/mol. The molecule has 2 aromatic rings. The Balaban J connectivity index is 1.74. The SMILES string of the molecule is FC(F)(F)c1ccc(N2CCCC(c3nc(C(F)(F)F)cs3)C2)nc1. The van der Waals surface area contributed by atoms with Crippen LogP contribution < -0.4 is 4.90 Å². The van der Waals surface area contributed by atoms with Crippen molar-refractivity contribution in [2.24, 2.45) is 0 Å². The minimum absolute atomic E-state index is 0.195. The molecule has 0 spiro atoms. The highest BCUT2D eigenvalue weighted by molar-refractivity contribution is 7.09. The number of anilines is 1. The van der Waals surface area contributed by atoms with Gasteiger partial charge >= 0.3 is 12.4 Å². The molecule has 0 bridgehead atoms. The minimum Gasteiger partial charge on any atom is -0.356 e. The Morgan fingerprint density at radius 1 is 1.08 bits per heavy atom. The van der Waals surface area contributed by atoms with Gasteiger partial charge in [0, 0.05) is 30.6 Å². The number of halogens is 6. The van der Waals surface area contributed by atoms with E-state index in [1.54, 1.807) is 4.90 Å². The van der Waals surface area contributed by atoms with E-state index in [-0.39, 0.29) is 5.92 Å². The zero-order valence-electron chi connectivity index (χ0n) is 12.7. The average Bonchev–Trinajstić information content (AvgIpc) is 3.05. The van der Waals surface area contributed by atoms with Crippen LogP contribution in [0.5, 0.6) is 0 Å². The summed E-state index contributed by atoms with van der Waals surface area (Å²) in [6.07, 6.45) is -6.77. The van der Waals surface area contributed by atoms with Crippen molar-refractivity contribution in [1.82, 2.24) is 9.97 Å². The third-order valence-corrected chi connectivity index (χ3v) is 4.99. The number of rotatable bonds is 2. The van der Waals surface area contributed by atoms with Gasteiger partial charge in [0.05, 0.1) is 10.6 Å². The van der Waals surface area contributed by atoms with Gasteiger partial charge in [-0.15, -0.1) is 11.3 Å². The minimum atomic E-state index is -4.47. The van der Waals surface area contributed by atoms with Crippen molar-refractivity contribution in [3.05, 3.63) is 40.0 Å². The monoisotopic (exact) mass is 381 g/mol. The van der Waals surface area contributed by atoms with E-state index in [2.05, 4.69) is 9.97 Å². The van der Waals surface area contributed by atoms with Crippen molar-refractivity contribution in [3.63, 3.8) is 0 Å². The van der Waals surface area contributed by atoms with Crippen LogP contribution in [0, 0.1) is 0 Å². The molecule has 0 amide bonds. The Hall–Kier alpha value is -1.84. The van der Waals surface area contributed by atoms with E-state index in [1.165, 1.54) is 6.07 Å². The largest absolute Gasteiger partial charge is 0.434 e. The molecule has 1 aliphatic heterocycles. The molecule has 136 valence electrons. The van der Waals surface area contributed by atoms with E-state index in [1.807, 2.05) is 0 Å². The first kappa shape index (κ1) is 18.0. The number of aromatic nitrogens is 2. The number of hydrogen-bond acceptors (Lipinski definition) is 4. The first-order chi connectivity index (χ1) is 11.6. The Bertz CT molecular complexity index is 722. The molecule has 3 heterocycles. The molecule has 1 fully saturated rings. The molecule has 3 nitrogen and oxygen atoms in total. The highest BCUT2D eigenvalue weighted by Gasteiger charge is 2.35. The van der Waals surface area contributed by atoms with Crippen molar-refractivity contribution in [1.29, 1.82) is 0 Å².